The first-order valence-electron chi connectivity index (χ1n) is 9.81. The summed E-state index contributed by atoms with van der Waals surface area (Å²) in [6.45, 7) is 1.83. The summed E-state index contributed by atoms with van der Waals surface area (Å²) in [5.74, 6) is -1.73. The number of thiazole rings is 1. The van der Waals surface area contributed by atoms with Crippen LogP contribution in [0.4, 0.5) is 0 Å². The summed E-state index contributed by atoms with van der Waals surface area (Å²) in [7, 11) is 2.60. The molecule has 1 fully saturated rings. The molecule has 3 N–H and O–H groups in total. The summed E-state index contributed by atoms with van der Waals surface area (Å²) in [6, 6.07) is -0.950. The van der Waals surface area contributed by atoms with E-state index in [0.717, 1.165) is 25.4 Å². The van der Waals surface area contributed by atoms with Gasteiger partial charge in [-0.1, -0.05) is 28.3 Å². The molecule has 0 aromatic carbocycles. The molecule has 4 rings (SSSR count). The second kappa shape index (κ2) is 10.4. The van der Waals surface area contributed by atoms with Crippen LogP contribution in [0.1, 0.15) is 10.7 Å². The van der Waals surface area contributed by atoms with Crippen LogP contribution in [0.2, 0.25) is 0 Å². The Bertz CT molecular complexity index is 1300. The first-order chi connectivity index (χ1) is 16.8. The number of aromatic nitrogens is 3. The summed E-state index contributed by atoms with van der Waals surface area (Å²) in [4.78, 5) is 49.1. The van der Waals surface area contributed by atoms with E-state index >= 15 is 0 Å². The molecule has 0 spiro atoms. The van der Waals surface area contributed by atoms with Crippen molar-refractivity contribution in [3.8, 4) is 0 Å². The standard InChI is InChI=1S/C18H19N7O6S4/c1-7-21-22-18(35-7)34-5-8-4-32-15-11(14(27)24(15)12(8)16(28)29)20-13(26)10(23-30-2)9-6-33-17(19)25(9)31-3/h6,11,15,19H,4-5H2,1-3H3,(H,20,26)(H,28,29)/t11-,15+/m1/s1. The maximum Gasteiger partial charge on any atom is 0.352 e. The van der Waals surface area contributed by atoms with Gasteiger partial charge in [-0.2, -0.15) is 4.73 Å². The molecule has 17 heteroatoms. The molecule has 0 radical (unpaired) electrons. The minimum absolute atomic E-state index is 0.0261. The monoisotopic (exact) mass is 557 g/mol. The van der Waals surface area contributed by atoms with Crippen LogP contribution in [-0.4, -0.2) is 85.6 Å². The van der Waals surface area contributed by atoms with Crippen molar-refractivity contribution in [1.82, 2.24) is 25.1 Å². The molecule has 0 saturated carbocycles. The maximum atomic E-state index is 13.0. The van der Waals surface area contributed by atoms with Crippen molar-refractivity contribution < 1.29 is 29.2 Å². The number of rotatable bonds is 9. The highest BCUT2D eigenvalue weighted by atomic mass is 32.2. The number of carboxylic acids is 1. The molecule has 13 nitrogen and oxygen atoms in total. The second-order valence-electron chi connectivity index (χ2n) is 7.02. The van der Waals surface area contributed by atoms with Crippen molar-refractivity contribution in [2.75, 3.05) is 25.7 Å². The third-order valence-corrected chi connectivity index (χ3v) is 9.05. The number of nitrogens with one attached hydrogen (secondary N) is 2. The average Bonchev–Trinajstić information content (AvgIpc) is 3.42. The summed E-state index contributed by atoms with van der Waals surface area (Å²) in [5, 5.41) is 33.8. The Kier molecular flexibility index (Phi) is 7.48. The number of nitrogens with zero attached hydrogens (tertiary/aromatic N) is 5. The predicted molar refractivity (Wildman–Crippen MR) is 129 cm³/mol. The molecule has 4 heterocycles. The van der Waals surface area contributed by atoms with Gasteiger partial charge in [0, 0.05) is 16.9 Å². The van der Waals surface area contributed by atoms with Gasteiger partial charge >= 0.3 is 5.97 Å². The van der Waals surface area contributed by atoms with E-state index < -0.39 is 29.2 Å². The molecule has 0 bridgehead atoms. The Morgan fingerprint density at radius 1 is 1.40 bits per heavy atom. The summed E-state index contributed by atoms with van der Waals surface area (Å²) in [5.41, 5.74) is 0.519. The quantitative estimate of drug-likeness (QED) is 0.166. The average molecular weight is 558 g/mol. The van der Waals surface area contributed by atoms with E-state index in [1.54, 1.807) is 0 Å². The van der Waals surface area contributed by atoms with Crippen LogP contribution >= 0.6 is 46.2 Å². The molecule has 2 aromatic heterocycles. The van der Waals surface area contributed by atoms with E-state index in [4.69, 9.17) is 15.1 Å². The third kappa shape index (κ3) is 4.80. The maximum absolute atomic E-state index is 13.0. The summed E-state index contributed by atoms with van der Waals surface area (Å²) >= 11 is 5.16. The number of aliphatic carboxylic acids is 1. The molecule has 2 aliphatic rings. The van der Waals surface area contributed by atoms with E-state index in [0.29, 0.717) is 17.1 Å². The second-order valence-corrected chi connectivity index (χ2v) is 11.4. The zero-order chi connectivity index (χ0) is 25.3. The largest absolute Gasteiger partial charge is 0.477 e. The van der Waals surface area contributed by atoms with Crippen LogP contribution in [0.3, 0.4) is 0 Å². The summed E-state index contributed by atoms with van der Waals surface area (Å²) in [6.07, 6.45) is 0. The molecule has 0 aliphatic carbocycles. The van der Waals surface area contributed by atoms with Crippen molar-refractivity contribution in [3.63, 3.8) is 0 Å². The van der Waals surface area contributed by atoms with E-state index in [-0.39, 0.29) is 21.9 Å². The van der Waals surface area contributed by atoms with Crippen molar-refractivity contribution in [2.24, 2.45) is 5.16 Å². The molecular formula is C18H19N7O6S4. The normalized spacial score (nSPS) is 19.8. The van der Waals surface area contributed by atoms with Gasteiger partial charge < -0.3 is 20.1 Å². The van der Waals surface area contributed by atoms with E-state index in [9.17, 15) is 19.5 Å². The topological polar surface area (TPSA) is 172 Å². The molecule has 2 aliphatic heterocycles. The van der Waals surface area contributed by atoms with Gasteiger partial charge in [0.1, 0.15) is 42.0 Å². The Hall–Kier alpha value is -2.89. The van der Waals surface area contributed by atoms with Crippen molar-refractivity contribution in [1.29, 1.82) is 5.41 Å². The number of carboxylic acid groups (broad SMARTS) is 1. The highest BCUT2D eigenvalue weighted by molar-refractivity contribution is 8.01. The van der Waals surface area contributed by atoms with Crippen LogP contribution in [0.25, 0.3) is 0 Å². The molecule has 186 valence electrons. The van der Waals surface area contributed by atoms with Gasteiger partial charge in [-0.25, -0.2) is 4.79 Å². The Morgan fingerprint density at radius 2 is 2.17 bits per heavy atom. The molecule has 2 atom stereocenters. The Balaban J connectivity index is 1.51. The van der Waals surface area contributed by atoms with Crippen LogP contribution in [-0.2, 0) is 19.2 Å². The zero-order valence-corrected chi connectivity index (χ0v) is 21.8. The number of hydrogen-bond acceptors (Lipinski definition) is 13. The fourth-order valence-electron chi connectivity index (χ4n) is 3.44. The van der Waals surface area contributed by atoms with Gasteiger partial charge in [0.25, 0.3) is 11.8 Å². The number of oxime groups is 1. The fraction of sp³-hybridized carbons (Fsp3) is 0.389. The molecule has 0 unspecified atom stereocenters. The number of fused-ring (bicyclic) bond motifs is 1. The van der Waals surface area contributed by atoms with Gasteiger partial charge in [0.2, 0.25) is 4.80 Å². The lowest BCUT2D eigenvalue weighted by Gasteiger charge is -2.49. The van der Waals surface area contributed by atoms with Crippen molar-refractivity contribution in [3.05, 3.63) is 32.2 Å². The number of β-lactam (4-membered cyclic amide) rings is 1. The zero-order valence-electron chi connectivity index (χ0n) is 18.5. The number of hydrogen-bond donors (Lipinski definition) is 3. The Labute approximate surface area is 214 Å². The summed E-state index contributed by atoms with van der Waals surface area (Å²) < 4.78 is 1.82. The molecule has 2 aromatic rings. The minimum Gasteiger partial charge on any atom is -0.477 e. The SMILES string of the molecule is CON=C(C(=O)N[C@@H]1C(=O)N2C(C(=O)O)=C(CSc3nnc(C)s3)CS[C@@H]12)c1csc(=N)n1OC. The first-order valence-corrected chi connectivity index (χ1v) is 13.5. The lowest BCUT2D eigenvalue weighted by atomic mass is 10.0. The fourth-order valence-corrected chi connectivity index (χ4v) is 7.44. The van der Waals surface area contributed by atoms with Crippen molar-refractivity contribution in [2.45, 2.75) is 22.7 Å². The Morgan fingerprint density at radius 3 is 2.80 bits per heavy atom. The van der Waals surface area contributed by atoms with Crippen LogP contribution in [0, 0.1) is 12.3 Å². The molecule has 1 saturated heterocycles. The number of thioether (sulfide) groups is 2. The number of amides is 2. The highest BCUT2D eigenvalue weighted by Gasteiger charge is 2.54. The van der Waals surface area contributed by atoms with E-state index in [1.807, 2.05) is 6.92 Å². The lowest BCUT2D eigenvalue weighted by molar-refractivity contribution is -0.150. The van der Waals surface area contributed by atoms with E-state index in [1.165, 1.54) is 59.4 Å². The smallest absolute Gasteiger partial charge is 0.352 e. The van der Waals surface area contributed by atoms with Crippen LogP contribution in [0.15, 0.2) is 26.1 Å². The van der Waals surface area contributed by atoms with Gasteiger partial charge in [-0.15, -0.1) is 33.3 Å². The highest BCUT2D eigenvalue weighted by Crippen LogP contribution is 2.41. The number of carbonyl (C=O) groups is 3. The van der Waals surface area contributed by atoms with E-state index in [2.05, 4.69) is 20.7 Å². The minimum atomic E-state index is -1.21. The predicted octanol–water partition coefficient (Wildman–Crippen LogP) is 0.129. The van der Waals surface area contributed by atoms with Gasteiger partial charge in [0.05, 0.1) is 0 Å². The first kappa shape index (κ1) is 25.2. The van der Waals surface area contributed by atoms with Crippen LogP contribution < -0.4 is 15.0 Å². The lowest BCUT2D eigenvalue weighted by Crippen LogP contribution is -2.71. The van der Waals surface area contributed by atoms with Gasteiger partial charge in [0.15, 0.2) is 10.1 Å². The molecule has 2 amide bonds. The van der Waals surface area contributed by atoms with Gasteiger partial charge in [-0.3, -0.25) is 19.9 Å². The molecular weight excluding hydrogens is 539 g/mol. The number of aryl methyl sites for hydroxylation is 1. The molecule has 35 heavy (non-hydrogen) atoms. The van der Waals surface area contributed by atoms with Gasteiger partial charge in [-0.05, 0) is 12.5 Å². The van der Waals surface area contributed by atoms with Crippen molar-refractivity contribution >= 4 is 69.7 Å². The third-order valence-electron chi connectivity index (χ3n) is 4.92. The van der Waals surface area contributed by atoms with Crippen LogP contribution in [0.5, 0.6) is 0 Å². The number of carbonyl (C=O) groups excluding carboxylic acids is 2.